The van der Waals surface area contributed by atoms with Crippen molar-refractivity contribution in [1.29, 1.82) is 0 Å². The van der Waals surface area contributed by atoms with Crippen molar-refractivity contribution in [3.8, 4) is 55.6 Å². The zero-order valence-electron chi connectivity index (χ0n) is 37.6. The lowest BCUT2D eigenvalue weighted by Gasteiger charge is -2.28. The fourth-order valence-corrected chi connectivity index (χ4v) is 11.4. The van der Waals surface area contributed by atoms with Gasteiger partial charge in [0.2, 0.25) is 0 Å². The third-order valence-electron chi connectivity index (χ3n) is 14.9. The molecule has 66 heavy (non-hydrogen) atoms. The monoisotopic (exact) mass is 845 g/mol. The summed E-state index contributed by atoms with van der Waals surface area (Å²) in [7, 11) is 0. The fraction of sp³-hybridized carbons (Fsp3) is 0.0938. The molecule has 0 N–H and O–H groups in total. The summed E-state index contributed by atoms with van der Waals surface area (Å²) in [5.41, 5.74) is 22.5. The van der Waals surface area contributed by atoms with Gasteiger partial charge in [-0.15, -0.1) is 0 Å². The molecular formula is C64H47NO. The molecule has 2 aliphatic rings. The maximum atomic E-state index is 7.36. The number of furan rings is 1. The van der Waals surface area contributed by atoms with Crippen LogP contribution in [0, 0.1) is 0 Å². The molecule has 0 bridgehead atoms. The van der Waals surface area contributed by atoms with Crippen molar-refractivity contribution in [3.05, 3.63) is 235 Å². The summed E-state index contributed by atoms with van der Waals surface area (Å²) >= 11 is 0. The zero-order chi connectivity index (χ0) is 44.3. The molecule has 0 aliphatic heterocycles. The number of hydrogen-bond acceptors (Lipinski definition) is 2. The number of para-hydroxylation sites is 1. The average Bonchev–Trinajstić information content (AvgIpc) is 3.93. The van der Waals surface area contributed by atoms with Gasteiger partial charge in [-0.25, -0.2) is 0 Å². The molecule has 314 valence electrons. The van der Waals surface area contributed by atoms with E-state index in [2.05, 4.69) is 245 Å². The summed E-state index contributed by atoms with van der Waals surface area (Å²) in [5.74, 6) is 0. The number of nitrogens with zero attached hydrogens (tertiary/aromatic N) is 1. The van der Waals surface area contributed by atoms with Crippen LogP contribution in [0.5, 0.6) is 0 Å². The van der Waals surface area contributed by atoms with Crippen LogP contribution in [0.4, 0.5) is 17.1 Å². The highest BCUT2D eigenvalue weighted by atomic mass is 16.3. The van der Waals surface area contributed by atoms with Crippen molar-refractivity contribution in [1.82, 2.24) is 0 Å². The molecular weight excluding hydrogens is 799 g/mol. The van der Waals surface area contributed by atoms with Gasteiger partial charge in [0, 0.05) is 38.5 Å². The van der Waals surface area contributed by atoms with Crippen LogP contribution >= 0.6 is 0 Å². The van der Waals surface area contributed by atoms with Gasteiger partial charge < -0.3 is 9.32 Å². The molecule has 0 saturated carbocycles. The van der Waals surface area contributed by atoms with Crippen LogP contribution in [0.1, 0.15) is 49.9 Å². The molecule has 1 aromatic heterocycles. The van der Waals surface area contributed by atoms with Crippen LogP contribution in [0.25, 0.3) is 88.3 Å². The fourth-order valence-electron chi connectivity index (χ4n) is 11.4. The number of hydrogen-bond donors (Lipinski definition) is 0. The van der Waals surface area contributed by atoms with Crippen LogP contribution in [0.15, 0.2) is 217 Å². The molecule has 2 aliphatic carbocycles. The van der Waals surface area contributed by atoms with E-state index < -0.39 is 0 Å². The lowest BCUT2D eigenvalue weighted by atomic mass is 9.81. The molecule has 0 amide bonds. The normalized spacial score (nSPS) is 14.0. The van der Waals surface area contributed by atoms with Crippen molar-refractivity contribution >= 4 is 49.8 Å². The van der Waals surface area contributed by atoms with Crippen LogP contribution in [0.2, 0.25) is 0 Å². The van der Waals surface area contributed by atoms with E-state index in [-0.39, 0.29) is 10.8 Å². The SMILES string of the molecule is CC1(C)c2ccccc2-c2ccc(-c3ccc(-c4c5ccccc5cc5c4oc4c(N(c6ccc(-c7ccccc7)cc6)c6ccc7c(c6)C(C)(C)c6ccccc6-7)cccc45)cc3)cc21. The predicted molar refractivity (Wildman–Crippen MR) is 277 cm³/mol. The highest BCUT2D eigenvalue weighted by Crippen LogP contribution is 2.53. The summed E-state index contributed by atoms with van der Waals surface area (Å²) in [6.07, 6.45) is 0. The highest BCUT2D eigenvalue weighted by molar-refractivity contribution is 6.20. The van der Waals surface area contributed by atoms with Gasteiger partial charge in [0.05, 0.1) is 5.69 Å². The number of fused-ring (bicyclic) bond motifs is 10. The smallest absolute Gasteiger partial charge is 0.159 e. The van der Waals surface area contributed by atoms with Gasteiger partial charge in [-0.3, -0.25) is 0 Å². The molecule has 0 fully saturated rings. The molecule has 0 atom stereocenters. The van der Waals surface area contributed by atoms with Gasteiger partial charge >= 0.3 is 0 Å². The topological polar surface area (TPSA) is 16.4 Å². The molecule has 13 rings (SSSR count). The number of benzene rings is 10. The minimum atomic E-state index is -0.149. The van der Waals surface area contributed by atoms with Crippen molar-refractivity contribution in [3.63, 3.8) is 0 Å². The Hall–Kier alpha value is -7.94. The van der Waals surface area contributed by atoms with Crippen molar-refractivity contribution in [2.75, 3.05) is 4.90 Å². The second kappa shape index (κ2) is 14.3. The number of rotatable bonds is 6. The first-order chi connectivity index (χ1) is 32.2. The molecule has 0 saturated heterocycles. The maximum Gasteiger partial charge on any atom is 0.159 e. The Morgan fingerprint density at radius 1 is 0.333 bits per heavy atom. The van der Waals surface area contributed by atoms with E-state index in [1.165, 1.54) is 77.5 Å². The van der Waals surface area contributed by atoms with Crippen LogP contribution < -0.4 is 4.90 Å². The molecule has 0 unspecified atom stereocenters. The largest absolute Gasteiger partial charge is 0.453 e. The van der Waals surface area contributed by atoms with Gasteiger partial charge in [0.25, 0.3) is 0 Å². The minimum Gasteiger partial charge on any atom is -0.453 e. The molecule has 11 aromatic rings. The molecule has 0 radical (unpaired) electrons. The first-order valence-corrected chi connectivity index (χ1v) is 23.2. The van der Waals surface area contributed by atoms with E-state index in [9.17, 15) is 0 Å². The van der Waals surface area contributed by atoms with E-state index in [1.54, 1.807) is 0 Å². The maximum absolute atomic E-state index is 7.36. The molecule has 2 nitrogen and oxygen atoms in total. The summed E-state index contributed by atoms with van der Waals surface area (Å²) in [5, 5.41) is 4.55. The van der Waals surface area contributed by atoms with Gasteiger partial charge in [0.1, 0.15) is 5.58 Å². The first kappa shape index (κ1) is 38.5. The Labute approximate surface area is 386 Å². The lowest BCUT2D eigenvalue weighted by Crippen LogP contribution is -2.16. The third kappa shape index (κ3) is 5.67. The van der Waals surface area contributed by atoms with Crippen LogP contribution in [-0.2, 0) is 10.8 Å². The van der Waals surface area contributed by atoms with Gasteiger partial charge in [-0.1, -0.05) is 198 Å². The van der Waals surface area contributed by atoms with Crippen LogP contribution in [-0.4, -0.2) is 0 Å². The quantitative estimate of drug-likeness (QED) is 0.166. The van der Waals surface area contributed by atoms with Crippen molar-refractivity contribution in [2.24, 2.45) is 0 Å². The Morgan fingerprint density at radius 3 is 1.58 bits per heavy atom. The molecule has 0 spiro atoms. The minimum absolute atomic E-state index is 0.0548. The van der Waals surface area contributed by atoms with E-state index in [4.69, 9.17) is 4.42 Å². The standard InChI is InChI=1S/C64H47NO/c1-63(2)55-22-12-10-19-49(55)51-35-31-44(38-57(51)63)42-25-27-43(28-26-42)60-48-18-9-8-17-45(48)37-54-53-21-14-24-59(61(53)66-62(54)60)65(46-32-29-41(30-33-46)40-15-6-5-7-16-40)47-34-36-52-50-20-11-13-23-56(50)64(3,4)58(52)39-47/h5-39H,1-4H3. The summed E-state index contributed by atoms with van der Waals surface area (Å²) in [6.45, 7) is 9.40. The predicted octanol–water partition coefficient (Wildman–Crippen LogP) is 17.8. The van der Waals surface area contributed by atoms with Crippen molar-refractivity contribution < 1.29 is 4.42 Å². The second-order valence-corrected chi connectivity index (χ2v) is 19.3. The molecule has 1 heterocycles. The summed E-state index contributed by atoms with van der Waals surface area (Å²) in [4.78, 5) is 2.39. The lowest BCUT2D eigenvalue weighted by molar-refractivity contribution is 0.660. The second-order valence-electron chi connectivity index (χ2n) is 19.3. The summed E-state index contributed by atoms with van der Waals surface area (Å²) < 4.78 is 7.36. The van der Waals surface area contributed by atoms with E-state index in [1.807, 2.05) is 0 Å². The zero-order valence-corrected chi connectivity index (χ0v) is 37.6. The van der Waals surface area contributed by atoms with Crippen LogP contribution in [0.3, 0.4) is 0 Å². The molecule has 10 aromatic carbocycles. The highest BCUT2D eigenvalue weighted by Gasteiger charge is 2.37. The first-order valence-electron chi connectivity index (χ1n) is 23.2. The van der Waals surface area contributed by atoms with E-state index >= 15 is 0 Å². The van der Waals surface area contributed by atoms with Gasteiger partial charge in [-0.2, -0.15) is 0 Å². The van der Waals surface area contributed by atoms with E-state index in [0.717, 1.165) is 50.1 Å². The third-order valence-corrected chi connectivity index (χ3v) is 14.9. The summed E-state index contributed by atoms with van der Waals surface area (Å²) in [6, 6.07) is 78.1. The molecule has 2 heteroatoms. The van der Waals surface area contributed by atoms with E-state index in [0.29, 0.717) is 0 Å². The Kier molecular flexibility index (Phi) is 8.33. The average molecular weight is 846 g/mol. The van der Waals surface area contributed by atoms with Gasteiger partial charge in [-0.05, 0) is 126 Å². The Balaban J connectivity index is 0.972. The Bertz CT molecular complexity index is 3740. The van der Waals surface area contributed by atoms with Gasteiger partial charge in [0.15, 0.2) is 5.58 Å². The van der Waals surface area contributed by atoms with Crippen molar-refractivity contribution in [2.45, 2.75) is 38.5 Å². The number of anilines is 3. The Morgan fingerprint density at radius 2 is 0.848 bits per heavy atom.